The van der Waals surface area contributed by atoms with E-state index in [1.807, 2.05) is 17.5 Å². The summed E-state index contributed by atoms with van der Waals surface area (Å²) < 4.78 is 29.9. The van der Waals surface area contributed by atoms with Crippen LogP contribution in [0.4, 0.5) is 4.39 Å². The average molecular weight is 424 g/mol. The van der Waals surface area contributed by atoms with E-state index in [4.69, 9.17) is 13.9 Å². The minimum atomic E-state index is -0.733. The lowest BCUT2D eigenvalue weighted by Gasteiger charge is -2.13. The fourth-order valence-corrected chi connectivity index (χ4v) is 3.32. The number of ether oxygens (including phenoxy) is 2. The molecule has 0 fully saturated rings. The van der Waals surface area contributed by atoms with Crippen LogP contribution in [0.25, 0.3) is 10.8 Å². The van der Waals surface area contributed by atoms with Gasteiger partial charge in [-0.2, -0.15) is 0 Å². The standard InChI is InChI=1S/C22H17FN2O4S/c1-14(20-24-25-21(29-20)19-7-4-12-30-19)28-22(26)17-5-2-3-6-18(17)27-13-15-8-10-16(23)11-9-15/h2-12,14H,13H2,1H3. The van der Waals surface area contributed by atoms with Crippen molar-refractivity contribution in [1.29, 1.82) is 0 Å². The Labute approximate surface area is 175 Å². The molecule has 0 radical (unpaired) electrons. The quantitative estimate of drug-likeness (QED) is 0.368. The molecule has 0 aliphatic rings. The molecule has 0 amide bonds. The first-order valence-corrected chi connectivity index (χ1v) is 10.0. The second kappa shape index (κ2) is 8.87. The summed E-state index contributed by atoms with van der Waals surface area (Å²) in [5.41, 5.74) is 1.05. The highest BCUT2D eigenvalue weighted by molar-refractivity contribution is 7.13. The van der Waals surface area contributed by atoms with Gasteiger partial charge < -0.3 is 13.9 Å². The molecule has 2 heterocycles. The van der Waals surface area contributed by atoms with Gasteiger partial charge in [0.15, 0.2) is 6.10 Å². The Kier molecular flexibility index (Phi) is 5.85. The van der Waals surface area contributed by atoms with Gasteiger partial charge in [-0.15, -0.1) is 21.5 Å². The van der Waals surface area contributed by atoms with Gasteiger partial charge in [0.25, 0.3) is 11.8 Å². The highest BCUT2D eigenvalue weighted by Gasteiger charge is 2.22. The van der Waals surface area contributed by atoms with Crippen molar-refractivity contribution in [3.05, 3.63) is 88.9 Å². The summed E-state index contributed by atoms with van der Waals surface area (Å²) >= 11 is 1.48. The van der Waals surface area contributed by atoms with Gasteiger partial charge in [0.1, 0.15) is 23.7 Å². The van der Waals surface area contributed by atoms with Gasteiger partial charge in [-0.3, -0.25) is 0 Å². The van der Waals surface area contributed by atoms with Gasteiger partial charge >= 0.3 is 5.97 Å². The van der Waals surface area contributed by atoms with Crippen LogP contribution in [-0.4, -0.2) is 16.2 Å². The van der Waals surface area contributed by atoms with Gasteiger partial charge in [-0.1, -0.05) is 30.3 Å². The summed E-state index contributed by atoms with van der Waals surface area (Å²) in [5, 5.41) is 9.88. The molecule has 30 heavy (non-hydrogen) atoms. The van der Waals surface area contributed by atoms with E-state index in [0.717, 1.165) is 10.4 Å². The molecule has 6 nitrogen and oxygen atoms in total. The van der Waals surface area contributed by atoms with Crippen molar-refractivity contribution in [2.24, 2.45) is 0 Å². The van der Waals surface area contributed by atoms with Gasteiger partial charge in [-0.25, -0.2) is 9.18 Å². The average Bonchev–Trinajstić information content (AvgIpc) is 3.45. The molecule has 4 rings (SSSR count). The van der Waals surface area contributed by atoms with E-state index < -0.39 is 12.1 Å². The van der Waals surface area contributed by atoms with E-state index in [2.05, 4.69) is 10.2 Å². The zero-order chi connectivity index (χ0) is 20.9. The molecule has 152 valence electrons. The fourth-order valence-electron chi connectivity index (χ4n) is 2.68. The summed E-state index contributed by atoms with van der Waals surface area (Å²) in [7, 11) is 0. The number of para-hydroxylation sites is 1. The van der Waals surface area contributed by atoms with Crippen LogP contribution in [0, 0.1) is 5.82 Å². The maximum atomic E-state index is 13.0. The van der Waals surface area contributed by atoms with Gasteiger partial charge in [0, 0.05) is 0 Å². The smallest absolute Gasteiger partial charge is 0.342 e. The summed E-state index contributed by atoms with van der Waals surface area (Å²) in [6, 6.07) is 16.5. The number of thiophene rings is 1. The van der Waals surface area contributed by atoms with E-state index in [9.17, 15) is 9.18 Å². The van der Waals surface area contributed by atoms with Crippen molar-refractivity contribution in [2.75, 3.05) is 0 Å². The lowest BCUT2D eigenvalue weighted by atomic mass is 10.2. The van der Waals surface area contributed by atoms with Crippen LogP contribution in [-0.2, 0) is 11.3 Å². The first kappa shape index (κ1) is 19.8. The molecule has 0 saturated heterocycles. The molecule has 0 aliphatic heterocycles. The van der Waals surface area contributed by atoms with Crippen molar-refractivity contribution in [2.45, 2.75) is 19.6 Å². The van der Waals surface area contributed by atoms with Crippen molar-refractivity contribution in [3.63, 3.8) is 0 Å². The third kappa shape index (κ3) is 4.55. The molecule has 0 saturated carbocycles. The number of rotatable bonds is 7. The Balaban J connectivity index is 1.43. The minimum Gasteiger partial charge on any atom is -0.488 e. The Morgan fingerprint density at radius 1 is 1.10 bits per heavy atom. The highest BCUT2D eigenvalue weighted by atomic mass is 32.1. The normalized spacial score (nSPS) is 11.8. The Morgan fingerprint density at radius 2 is 1.90 bits per heavy atom. The number of hydrogen-bond acceptors (Lipinski definition) is 7. The van der Waals surface area contributed by atoms with Crippen LogP contribution < -0.4 is 4.74 Å². The molecule has 0 aliphatic carbocycles. The molecule has 0 spiro atoms. The Hall–Kier alpha value is -3.52. The van der Waals surface area contributed by atoms with E-state index in [-0.39, 0.29) is 23.9 Å². The number of esters is 1. The molecule has 2 aromatic heterocycles. The maximum Gasteiger partial charge on any atom is 0.342 e. The number of aromatic nitrogens is 2. The molecular formula is C22H17FN2O4S. The lowest BCUT2D eigenvalue weighted by molar-refractivity contribution is 0.0275. The Bertz CT molecular complexity index is 1130. The number of carbonyl (C=O) groups is 1. The SMILES string of the molecule is CC(OC(=O)c1ccccc1OCc1ccc(F)cc1)c1nnc(-c2cccs2)o1. The molecule has 4 aromatic rings. The summed E-state index contributed by atoms with van der Waals surface area (Å²) in [4.78, 5) is 13.5. The Morgan fingerprint density at radius 3 is 2.67 bits per heavy atom. The van der Waals surface area contributed by atoms with Crippen LogP contribution in [0.1, 0.15) is 34.8 Å². The summed E-state index contributed by atoms with van der Waals surface area (Å²) in [6.07, 6.45) is -0.733. The minimum absolute atomic E-state index is 0.188. The number of nitrogens with zero attached hydrogens (tertiary/aromatic N) is 2. The topological polar surface area (TPSA) is 74.5 Å². The number of benzene rings is 2. The monoisotopic (exact) mass is 424 g/mol. The van der Waals surface area contributed by atoms with Gasteiger partial charge in [0.05, 0.1) is 4.88 Å². The van der Waals surface area contributed by atoms with Crippen molar-refractivity contribution in [1.82, 2.24) is 10.2 Å². The van der Waals surface area contributed by atoms with Gasteiger partial charge in [-0.05, 0) is 48.2 Å². The van der Waals surface area contributed by atoms with E-state index >= 15 is 0 Å². The molecule has 0 bridgehead atoms. The highest BCUT2D eigenvalue weighted by Crippen LogP contribution is 2.27. The van der Waals surface area contributed by atoms with E-state index in [1.165, 1.54) is 23.5 Å². The number of hydrogen-bond donors (Lipinski definition) is 0. The summed E-state index contributed by atoms with van der Waals surface area (Å²) in [5.74, 6) is 0.0549. The predicted octanol–water partition coefficient (Wildman–Crippen LogP) is 5.43. The maximum absolute atomic E-state index is 13.0. The fraction of sp³-hybridized carbons (Fsp3) is 0.136. The predicted molar refractivity (Wildman–Crippen MR) is 109 cm³/mol. The molecule has 1 atom stereocenters. The first-order valence-electron chi connectivity index (χ1n) is 9.14. The third-order valence-electron chi connectivity index (χ3n) is 4.22. The molecule has 0 N–H and O–H groups in total. The third-order valence-corrected chi connectivity index (χ3v) is 5.08. The van der Waals surface area contributed by atoms with Crippen LogP contribution in [0.2, 0.25) is 0 Å². The van der Waals surface area contributed by atoms with Crippen molar-refractivity contribution in [3.8, 4) is 16.5 Å². The molecular weight excluding hydrogens is 407 g/mol. The second-order valence-corrected chi connectivity index (χ2v) is 7.33. The zero-order valence-electron chi connectivity index (χ0n) is 15.9. The molecule has 8 heteroatoms. The summed E-state index contributed by atoms with van der Waals surface area (Å²) in [6.45, 7) is 1.85. The van der Waals surface area contributed by atoms with Crippen LogP contribution in [0.3, 0.4) is 0 Å². The van der Waals surface area contributed by atoms with Gasteiger partial charge in [0.2, 0.25) is 0 Å². The number of carbonyl (C=O) groups excluding carboxylic acids is 1. The van der Waals surface area contributed by atoms with Crippen LogP contribution in [0.15, 0.2) is 70.5 Å². The van der Waals surface area contributed by atoms with E-state index in [0.29, 0.717) is 11.6 Å². The van der Waals surface area contributed by atoms with Crippen LogP contribution >= 0.6 is 11.3 Å². The lowest BCUT2D eigenvalue weighted by Crippen LogP contribution is -2.11. The molecule has 1 unspecified atom stereocenters. The molecule has 2 aromatic carbocycles. The van der Waals surface area contributed by atoms with Crippen LogP contribution in [0.5, 0.6) is 5.75 Å². The second-order valence-electron chi connectivity index (χ2n) is 6.38. The number of halogens is 1. The first-order chi connectivity index (χ1) is 14.6. The largest absolute Gasteiger partial charge is 0.488 e. The van der Waals surface area contributed by atoms with Crippen molar-refractivity contribution >= 4 is 17.3 Å². The van der Waals surface area contributed by atoms with Crippen molar-refractivity contribution < 1.29 is 23.1 Å². The van der Waals surface area contributed by atoms with E-state index in [1.54, 1.807) is 43.3 Å². The zero-order valence-corrected chi connectivity index (χ0v) is 16.8.